The van der Waals surface area contributed by atoms with Gasteiger partial charge in [0.2, 0.25) is 5.91 Å². The zero-order chi connectivity index (χ0) is 29.4. The topological polar surface area (TPSA) is 124 Å². The van der Waals surface area contributed by atoms with E-state index in [-0.39, 0.29) is 25.4 Å². The Hall–Kier alpha value is -4.12. The number of hydrogen-bond donors (Lipinski definition) is 2. The number of carbonyl (C=O) groups excluding carboxylic acids is 3. The summed E-state index contributed by atoms with van der Waals surface area (Å²) in [5, 5.41) is 3.87. The van der Waals surface area contributed by atoms with Crippen molar-refractivity contribution in [1.82, 2.24) is 10.3 Å². The molecular formula is C29H34F2N4O5. The predicted molar refractivity (Wildman–Crippen MR) is 147 cm³/mol. The number of nitrogens with zero attached hydrogens (tertiary/aromatic N) is 2. The van der Waals surface area contributed by atoms with Gasteiger partial charge in [-0.2, -0.15) is 4.90 Å². The monoisotopic (exact) mass is 556 g/mol. The quantitative estimate of drug-likeness (QED) is 0.339. The lowest BCUT2D eigenvalue weighted by atomic mass is 10.1. The van der Waals surface area contributed by atoms with Gasteiger partial charge < -0.3 is 20.5 Å². The number of benzene rings is 2. The molecule has 1 heterocycles. The second kappa shape index (κ2) is 13.3. The highest BCUT2D eigenvalue weighted by Gasteiger charge is 2.32. The van der Waals surface area contributed by atoms with Crippen molar-refractivity contribution in [3.8, 4) is 0 Å². The third kappa shape index (κ3) is 8.19. The highest BCUT2D eigenvalue weighted by atomic mass is 19.2. The second-order valence-corrected chi connectivity index (χ2v) is 10.3. The standard InChI is InChI=1S/C29H34F2N4O5/c1-5-6-13-39-27(37)35(28(38)40-29(2,3)4)25-21-9-7-19(14-20(21)11-12-33-25)17-34-26(36)24(32)16-18-8-10-22(30)23(31)15-18/h7-12,14-15,24H,5-6,13,16-17,32H2,1-4H3,(H,34,36). The van der Waals surface area contributed by atoms with Crippen LogP contribution in [-0.4, -0.2) is 41.3 Å². The lowest BCUT2D eigenvalue weighted by Gasteiger charge is -2.25. The minimum Gasteiger partial charge on any atom is -0.449 e. The van der Waals surface area contributed by atoms with Gasteiger partial charge in [0.1, 0.15) is 5.60 Å². The first-order valence-corrected chi connectivity index (χ1v) is 12.9. The number of carbonyl (C=O) groups is 3. The van der Waals surface area contributed by atoms with Crippen LogP contribution in [0.15, 0.2) is 48.7 Å². The lowest BCUT2D eigenvalue weighted by molar-refractivity contribution is -0.122. The molecule has 2 aromatic carbocycles. The maximum atomic E-state index is 13.5. The minimum absolute atomic E-state index is 0.0324. The number of pyridine rings is 1. The van der Waals surface area contributed by atoms with Gasteiger partial charge in [-0.1, -0.05) is 31.5 Å². The van der Waals surface area contributed by atoms with E-state index >= 15 is 0 Å². The van der Waals surface area contributed by atoms with Crippen LogP contribution < -0.4 is 16.0 Å². The summed E-state index contributed by atoms with van der Waals surface area (Å²) >= 11 is 0. The number of aromatic nitrogens is 1. The van der Waals surface area contributed by atoms with Crippen LogP contribution in [0.5, 0.6) is 0 Å². The number of imide groups is 1. The fourth-order valence-corrected chi connectivity index (χ4v) is 3.76. The number of amides is 3. The van der Waals surface area contributed by atoms with E-state index in [4.69, 9.17) is 15.2 Å². The molecule has 0 aliphatic heterocycles. The third-order valence-electron chi connectivity index (χ3n) is 5.74. The molecule has 3 amide bonds. The number of rotatable bonds is 9. The van der Waals surface area contributed by atoms with Gasteiger partial charge in [0.15, 0.2) is 17.5 Å². The molecule has 3 rings (SSSR count). The molecule has 11 heteroatoms. The zero-order valence-electron chi connectivity index (χ0n) is 23.0. The molecule has 0 radical (unpaired) electrons. The van der Waals surface area contributed by atoms with E-state index in [1.807, 2.05) is 6.92 Å². The van der Waals surface area contributed by atoms with Crippen molar-refractivity contribution in [2.45, 2.75) is 65.1 Å². The van der Waals surface area contributed by atoms with Gasteiger partial charge in [0.05, 0.1) is 12.6 Å². The summed E-state index contributed by atoms with van der Waals surface area (Å²) in [6, 6.07) is 9.27. The Morgan fingerprint density at radius 3 is 2.42 bits per heavy atom. The summed E-state index contributed by atoms with van der Waals surface area (Å²) in [4.78, 5) is 43.5. The highest BCUT2D eigenvalue weighted by Crippen LogP contribution is 2.28. The van der Waals surface area contributed by atoms with Crippen LogP contribution >= 0.6 is 0 Å². The number of nitrogens with two attached hydrogens (primary N) is 1. The molecule has 40 heavy (non-hydrogen) atoms. The molecule has 3 aromatic rings. The SMILES string of the molecule is CCCCOC(=O)N(C(=O)OC(C)(C)C)c1nccc2cc(CNC(=O)C(N)Cc3ccc(F)c(F)c3)ccc12. The number of nitrogens with one attached hydrogen (secondary N) is 1. The van der Waals surface area contributed by atoms with Crippen molar-refractivity contribution >= 4 is 34.7 Å². The van der Waals surface area contributed by atoms with Gasteiger partial charge in [-0.05, 0) is 74.4 Å². The molecule has 214 valence electrons. The number of unbranched alkanes of at least 4 members (excludes halogenated alkanes) is 1. The first-order chi connectivity index (χ1) is 18.9. The van der Waals surface area contributed by atoms with E-state index in [2.05, 4.69) is 10.3 Å². The summed E-state index contributed by atoms with van der Waals surface area (Å²) in [5.74, 6) is -2.39. The Morgan fingerprint density at radius 2 is 1.75 bits per heavy atom. The number of anilines is 1. The molecule has 3 N–H and O–H groups in total. The molecule has 0 bridgehead atoms. The van der Waals surface area contributed by atoms with E-state index < -0.39 is 41.4 Å². The van der Waals surface area contributed by atoms with Gasteiger partial charge in [-0.25, -0.2) is 23.4 Å². The molecule has 1 aromatic heterocycles. The molecule has 0 fully saturated rings. The van der Waals surface area contributed by atoms with Gasteiger partial charge in [-0.3, -0.25) is 4.79 Å². The van der Waals surface area contributed by atoms with Crippen molar-refractivity contribution in [1.29, 1.82) is 0 Å². The van der Waals surface area contributed by atoms with Crippen LogP contribution in [0.25, 0.3) is 10.8 Å². The van der Waals surface area contributed by atoms with Gasteiger partial charge >= 0.3 is 12.2 Å². The Morgan fingerprint density at radius 1 is 1.02 bits per heavy atom. The molecular weight excluding hydrogens is 522 g/mol. The normalized spacial score (nSPS) is 12.1. The maximum Gasteiger partial charge on any atom is 0.425 e. The van der Waals surface area contributed by atoms with Crippen molar-refractivity contribution in [3.63, 3.8) is 0 Å². The van der Waals surface area contributed by atoms with E-state index in [1.54, 1.807) is 45.0 Å². The number of fused-ring (bicyclic) bond motifs is 1. The Bertz CT molecular complexity index is 1380. The van der Waals surface area contributed by atoms with Crippen LogP contribution in [0.1, 0.15) is 51.7 Å². The number of hydrogen-bond acceptors (Lipinski definition) is 7. The maximum absolute atomic E-state index is 13.5. The smallest absolute Gasteiger partial charge is 0.425 e. The first kappa shape index (κ1) is 30.4. The van der Waals surface area contributed by atoms with Gasteiger partial charge in [-0.15, -0.1) is 0 Å². The van der Waals surface area contributed by atoms with E-state index in [0.29, 0.717) is 28.3 Å². The summed E-state index contributed by atoms with van der Waals surface area (Å²) in [6.07, 6.45) is 1.12. The second-order valence-electron chi connectivity index (χ2n) is 10.3. The van der Waals surface area contributed by atoms with Crippen LogP contribution in [0.2, 0.25) is 0 Å². The van der Waals surface area contributed by atoms with Gasteiger partial charge in [0, 0.05) is 18.1 Å². The average molecular weight is 557 g/mol. The summed E-state index contributed by atoms with van der Waals surface area (Å²) in [6.45, 7) is 7.28. The predicted octanol–water partition coefficient (Wildman–Crippen LogP) is 5.38. The molecule has 0 saturated heterocycles. The number of halogens is 2. The average Bonchev–Trinajstić information content (AvgIpc) is 2.88. The Labute approximate surface area is 231 Å². The molecule has 0 aliphatic rings. The largest absolute Gasteiger partial charge is 0.449 e. The summed E-state index contributed by atoms with van der Waals surface area (Å²) in [5.41, 5.74) is 6.21. The summed E-state index contributed by atoms with van der Waals surface area (Å²) in [7, 11) is 0. The highest BCUT2D eigenvalue weighted by molar-refractivity contribution is 6.13. The fraction of sp³-hybridized carbons (Fsp3) is 0.379. The third-order valence-corrected chi connectivity index (χ3v) is 5.74. The summed E-state index contributed by atoms with van der Waals surface area (Å²) < 4.78 is 37.4. The van der Waals surface area contributed by atoms with Crippen molar-refractivity contribution < 1.29 is 32.6 Å². The molecule has 0 saturated carbocycles. The van der Waals surface area contributed by atoms with Crippen molar-refractivity contribution in [3.05, 3.63) is 71.4 Å². The number of ether oxygens (including phenoxy) is 2. The molecule has 1 atom stereocenters. The Kier molecular flexibility index (Phi) is 10.1. The van der Waals surface area contributed by atoms with Crippen LogP contribution in [-0.2, 0) is 27.2 Å². The molecule has 9 nitrogen and oxygen atoms in total. The van der Waals surface area contributed by atoms with E-state index in [9.17, 15) is 23.2 Å². The van der Waals surface area contributed by atoms with Gasteiger partial charge in [0.25, 0.3) is 0 Å². The molecule has 1 unspecified atom stereocenters. The van der Waals surface area contributed by atoms with Crippen molar-refractivity contribution in [2.24, 2.45) is 5.73 Å². The van der Waals surface area contributed by atoms with Crippen molar-refractivity contribution in [2.75, 3.05) is 11.5 Å². The first-order valence-electron chi connectivity index (χ1n) is 12.9. The molecule has 0 spiro atoms. The zero-order valence-corrected chi connectivity index (χ0v) is 23.0. The van der Waals surface area contributed by atoms with Crippen LogP contribution in [0, 0.1) is 11.6 Å². The minimum atomic E-state index is -1.01. The molecule has 0 aliphatic carbocycles. The Balaban J connectivity index is 1.78. The fourth-order valence-electron chi connectivity index (χ4n) is 3.76. The van der Waals surface area contributed by atoms with Crippen LogP contribution in [0.4, 0.5) is 24.2 Å². The lowest BCUT2D eigenvalue weighted by Crippen LogP contribution is -2.42. The van der Waals surface area contributed by atoms with Crippen LogP contribution in [0.3, 0.4) is 0 Å². The van der Waals surface area contributed by atoms with E-state index in [0.717, 1.165) is 23.5 Å². The van der Waals surface area contributed by atoms with E-state index in [1.165, 1.54) is 12.3 Å².